The zero-order chi connectivity index (χ0) is 30.3. The van der Waals surface area contributed by atoms with Crippen molar-refractivity contribution in [1.29, 1.82) is 0 Å². The Morgan fingerprint density at radius 1 is 0.927 bits per heavy atom. The summed E-state index contributed by atoms with van der Waals surface area (Å²) in [7, 11) is -3.46. The van der Waals surface area contributed by atoms with Crippen LogP contribution in [-0.4, -0.2) is 40.6 Å². The molecule has 0 saturated heterocycles. The van der Waals surface area contributed by atoms with Gasteiger partial charge in [-0.1, -0.05) is 45.0 Å². The molecule has 0 amide bonds. The SMILES string of the molecule is C=C1CN(S(=O)(=O)c2ccc(C)cc2)Cc2ccsc21.CC(C)(C)O.CC(C)(C)[O-].Cc1cncc2ccsc12.[K+]. The Hall–Kier alpha value is -0.764. The molecule has 0 bridgehead atoms. The number of aliphatic hydroxyl groups is 1. The molecule has 0 saturated carbocycles. The molecule has 5 rings (SSSR count). The summed E-state index contributed by atoms with van der Waals surface area (Å²) in [5, 5.41) is 24.0. The fraction of sp³-hybridized carbons (Fsp3) is 0.387. The fourth-order valence-corrected chi connectivity index (χ4v) is 6.50. The minimum Gasteiger partial charge on any atom is -0.850 e. The third-order valence-electron chi connectivity index (χ3n) is 4.98. The number of sulfonamides is 1. The summed E-state index contributed by atoms with van der Waals surface area (Å²) in [6, 6.07) is 11.0. The van der Waals surface area contributed by atoms with Crippen LogP contribution in [0.15, 0.2) is 71.0 Å². The molecule has 4 heterocycles. The first-order chi connectivity index (χ1) is 18.4. The molecule has 4 aromatic rings. The number of rotatable bonds is 2. The van der Waals surface area contributed by atoms with Gasteiger partial charge in [-0.3, -0.25) is 4.98 Å². The van der Waals surface area contributed by atoms with Gasteiger partial charge in [-0.25, -0.2) is 8.42 Å². The Morgan fingerprint density at radius 3 is 2.00 bits per heavy atom. The van der Waals surface area contributed by atoms with E-state index in [9.17, 15) is 13.5 Å². The Morgan fingerprint density at radius 2 is 1.46 bits per heavy atom. The van der Waals surface area contributed by atoms with E-state index in [-0.39, 0.29) is 51.4 Å². The van der Waals surface area contributed by atoms with Crippen molar-refractivity contribution in [3.63, 3.8) is 0 Å². The molecule has 41 heavy (non-hydrogen) atoms. The van der Waals surface area contributed by atoms with Gasteiger partial charge in [0.2, 0.25) is 10.0 Å². The molecule has 218 valence electrons. The van der Waals surface area contributed by atoms with E-state index in [0.717, 1.165) is 21.6 Å². The van der Waals surface area contributed by atoms with Crippen LogP contribution < -0.4 is 56.5 Å². The monoisotopic (exact) mass is 640 g/mol. The molecule has 1 aliphatic rings. The second-order valence-electron chi connectivity index (χ2n) is 11.5. The largest absolute Gasteiger partial charge is 1.00 e. The first kappa shape index (κ1) is 38.3. The maximum absolute atomic E-state index is 12.7. The van der Waals surface area contributed by atoms with Crippen LogP contribution in [0.3, 0.4) is 0 Å². The first-order valence-corrected chi connectivity index (χ1v) is 16.1. The minimum absolute atomic E-state index is 0. The van der Waals surface area contributed by atoms with Crippen LogP contribution in [0.5, 0.6) is 0 Å². The summed E-state index contributed by atoms with van der Waals surface area (Å²) in [6.45, 7) is 18.9. The van der Waals surface area contributed by atoms with Crippen LogP contribution in [0.2, 0.25) is 0 Å². The number of nitrogens with zero attached hydrogens (tertiary/aromatic N) is 2. The predicted octanol–water partition coefficient (Wildman–Crippen LogP) is 3.81. The van der Waals surface area contributed by atoms with Crippen molar-refractivity contribution in [2.24, 2.45) is 0 Å². The van der Waals surface area contributed by atoms with Gasteiger partial charge in [0, 0.05) is 40.4 Å². The third kappa shape index (κ3) is 13.6. The van der Waals surface area contributed by atoms with E-state index in [1.54, 1.807) is 76.3 Å². The quantitative estimate of drug-likeness (QED) is 0.337. The van der Waals surface area contributed by atoms with Crippen LogP contribution in [0.25, 0.3) is 15.7 Å². The molecule has 0 spiro atoms. The number of aromatic nitrogens is 1. The summed E-state index contributed by atoms with van der Waals surface area (Å²) in [4.78, 5) is 5.56. The molecular formula is C31H41KN2O4S3. The first-order valence-electron chi connectivity index (χ1n) is 12.9. The molecule has 10 heteroatoms. The molecule has 1 aromatic carbocycles. The van der Waals surface area contributed by atoms with Gasteiger partial charge in [-0.2, -0.15) is 4.31 Å². The number of benzene rings is 1. The molecule has 0 unspecified atom stereocenters. The zero-order valence-electron chi connectivity index (χ0n) is 25.7. The fourth-order valence-electron chi connectivity index (χ4n) is 3.36. The van der Waals surface area contributed by atoms with Gasteiger partial charge in [0.15, 0.2) is 0 Å². The van der Waals surface area contributed by atoms with Crippen LogP contribution in [0, 0.1) is 13.8 Å². The summed E-state index contributed by atoms with van der Waals surface area (Å²) in [6.07, 6.45) is 3.80. The number of fused-ring (bicyclic) bond motifs is 2. The van der Waals surface area contributed by atoms with Crippen molar-refractivity contribution < 1.29 is 70.0 Å². The number of pyridine rings is 1. The second kappa shape index (κ2) is 16.3. The van der Waals surface area contributed by atoms with E-state index < -0.39 is 21.2 Å². The average molecular weight is 641 g/mol. The zero-order valence-corrected chi connectivity index (χ0v) is 31.3. The molecular weight excluding hydrogens is 600 g/mol. The Bertz CT molecular complexity index is 1470. The molecule has 3 aromatic heterocycles. The van der Waals surface area contributed by atoms with Gasteiger partial charge in [0.1, 0.15) is 0 Å². The van der Waals surface area contributed by atoms with Gasteiger partial charge >= 0.3 is 51.4 Å². The van der Waals surface area contributed by atoms with Gasteiger partial charge < -0.3 is 10.2 Å². The molecule has 1 N–H and O–H groups in total. The van der Waals surface area contributed by atoms with E-state index in [1.807, 2.05) is 42.9 Å². The van der Waals surface area contributed by atoms with Crippen molar-refractivity contribution in [2.75, 3.05) is 6.54 Å². The van der Waals surface area contributed by atoms with Gasteiger partial charge in [-0.05, 0) is 86.3 Å². The van der Waals surface area contributed by atoms with Crippen LogP contribution in [0.1, 0.15) is 63.1 Å². The predicted molar refractivity (Wildman–Crippen MR) is 168 cm³/mol. The molecule has 0 aliphatic carbocycles. The van der Waals surface area contributed by atoms with E-state index in [0.29, 0.717) is 18.0 Å². The Balaban J connectivity index is 0.000000333. The van der Waals surface area contributed by atoms with Crippen molar-refractivity contribution >= 4 is 48.4 Å². The molecule has 0 atom stereocenters. The topological polar surface area (TPSA) is 93.6 Å². The summed E-state index contributed by atoms with van der Waals surface area (Å²) in [5.74, 6) is 0. The second-order valence-corrected chi connectivity index (χ2v) is 15.3. The number of thiophene rings is 2. The van der Waals surface area contributed by atoms with Crippen molar-refractivity contribution in [2.45, 2.75) is 78.0 Å². The van der Waals surface area contributed by atoms with Crippen molar-refractivity contribution in [3.05, 3.63) is 87.7 Å². The Labute approximate surface area is 296 Å². The molecule has 6 nitrogen and oxygen atoms in total. The maximum Gasteiger partial charge on any atom is 1.00 e. The van der Waals surface area contributed by atoms with E-state index in [1.165, 1.54) is 20.0 Å². The summed E-state index contributed by atoms with van der Waals surface area (Å²) < 4.78 is 28.2. The van der Waals surface area contributed by atoms with Crippen LogP contribution in [-0.2, 0) is 16.6 Å². The summed E-state index contributed by atoms with van der Waals surface area (Å²) >= 11 is 3.40. The third-order valence-corrected chi connectivity index (χ3v) is 8.91. The maximum atomic E-state index is 12.7. The number of hydrogen-bond donors (Lipinski definition) is 1. The number of aryl methyl sites for hydroxylation is 2. The normalized spacial score (nSPS) is 13.4. The van der Waals surface area contributed by atoms with Gasteiger partial charge in [-0.15, -0.1) is 28.3 Å². The van der Waals surface area contributed by atoms with E-state index in [2.05, 4.69) is 29.9 Å². The van der Waals surface area contributed by atoms with Crippen molar-refractivity contribution in [3.8, 4) is 0 Å². The van der Waals surface area contributed by atoms with E-state index >= 15 is 0 Å². The van der Waals surface area contributed by atoms with Gasteiger partial charge in [0.25, 0.3) is 0 Å². The van der Waals surface area contributed by atoms with E-state index in [4.69, 9.17) is 5.11 Å². The van der Waals surface area contributed by atoms with Crippen LogP contribution >= 0.6 is 22.7 Å². The Kier molecular flexibility index (Phi) is 15.3. The minimum atomic E-state index is -3.46. The average Bonchev–Trinajstić information content (AvgIpc) is 3.48. The van der Waals surface area contributed by atoms with Crippen molar-refractivity contribution in [1.82, 2.24) is 9.29 Å². The molecule has 1 aliphatic heterocycles. The molecule has 0 fully saturated rings. The molecule has 0 radical (unpaired) electrons. The summed E-state index contributed by atoms with van der Waals surface area (Å²) in [5.41, 5.74) is 2.98. The number of hydrogen-bond acceptors (Lipinski definition) is 7. The van der Waals surface area contributed by atoms with Gasteiger partial charge in [0.05, 0.1) is 10.5 Å². The standard InChI is InChI=1S/C15H15NO2S2.C8H7NS.C4H10O.C4H9O.K/c1-11-3-5-14(6-4-11)20(17,18)16-9-12(2)15-13(10-16)7-8-19-15;1-6-4-9-5-7-2-3-10-8(6)7;2*1-4(2,3)5;/h3-8H,2,9-10H2,1H3;2-5H,1H3;5H,1-3H3;1-3H3;/q;;;-1;+1. The van der Waals surface area contributed by atoms with Crippen LogP contribution in [0.4, 0.5) is 0 Å². The smallest absolute Gasteiger partial charge is 0.850 e.